The molecule has 1 aliphatic carbocycles. The van der Waals surface area contributed by atoms with Gasteiger partial charge in [0.2, 0.25) is 5.16 Å². The summed E-state index contributed by atoms with van der Waals surface area (Å²) in [6.45, 7) is 4.28. The van der Waals surface area contributed by atoms with Crippen LogP contribution < -0.4 is 5.32 Å². The Morgan fingerprint density at radius 3 is 2.90 bits per heavy atom. The summed E-state index contributed by atoms with van der Waals surface area (Å²) in [6, 6.07) is 10.0. The van der Waals surface area contributed by atoms with Gasteiger partial charge in [-0.05, 0) is 44.4 Å². The minimum atomic E-state index is -0.127. The van der Waals surface area contributed by atoms with Crippen molar-refractivity contribution < 1.29 is 4.79 Å². The maximum atomic E-state index is 12.9. The molecule has 0 saturated heterocycles. The first-order valence-electron chi connectivity index (χ1n) is 10.2. The van der Waals surface area contributed by atoms with Gasteiger partial charge in [0.25, 0.3) is 11.7 Å². The summed E-state index contributed by atoms with van der Waals surface area (Å²) in [5, 5.41) is 16.3. The Labute approximate surface area is 183 Å². The van der Waals surface area contributed by atoms with Gasteiger partial charge in [0.05, 0.1) is 6.54 Å². The third-order valence-corrected chi connectivity index (χ3v) is 6.10. The van der Waals surface area contributed by atoms with Crippen molar-refractivity contribution in [3.63, 3.8) is 0 Å². The van der Waals surface area contributed by atoms with E-state index in [1.54, 1.807) is 10.8 Å². The van der Waals surface area contributed by atoms with Crippen LogP contribution in [0.2, 0.25) is 0 Å². The quantitative estimate of drug-likeness (QED) is 0.446. The highest BCUT2D eigenvalue weighted by molar-refractivity contribution is 7.98. The lowest BCUT2D eigenvalue weighted by Crippen LogP contribution is -2.25. The van der Waals surface area contributed by atoms with Gasteiger partial charge < -0.3 is 9.88 Å². The third kappa shape index (κ3) is 4.15. The number of hydrogen-bond acceptors (Lipinski definition) is 7. The smallest absolute Gasteiger partial charge is 0.253 e. The molecule has 0 unspecified atom stereocenters. The molecular weight excluding hydrogens is 412 g/mol. The molecule has 1 aromatic carbocycles. The predicted molar refractivity (Wildman–Crippen MR) is 116 cm³/mol. The van der Waals surface area contributed by atoms with E-state index in [9.17, 15) is 4.79 Å². The first kappa shape index (κ1) is 19.7. The molecule has 1 N–H and O–H groups in total. The third-order valence-electron chi connectivity index (χ3n) is 5.21. The first-order chi connectivity index (χ1) is 15.1. The number of nitrogens with zero attached hydrogens (tertiary/aromatic N) is 7. The van der Waals surface area contributed by atoms with Crippen LogP contribution in [0.1, 0.15) is 52.0 Å². The van der Waals surface area contributed by atoms with Crippen molar-refractivity contribution in [1.82, 2.24) is 39.7 Å². The molecule has 4 aromatic rings. The predicted octanol–water partition coefficient (Wildman–Crippen LogP) is 2.89. The number of nitrogens with one attached hydrogen (secondary N) is 1. The van der Waals surface area contributed by atoms with Crippen LogP contribution in [0.3, 0.4) is 0 Å². The van der Waals surface area contributed by atoms with Crippen LogP contribution in [-0.4, -0.2) is 40.3 Å². The van der Waals surface area contributed by atoms with Crippen LogP contribution in [-0.2, 0) is 12.3 Å². The molecule has 158 valence electrons. The second kappa shape index (κ2) is 8.10. The van der Waals surface area contributed by atoms with Crippen molar-refractivity contribution in [2.75, 3.05) is 0 Å². The number of aromatic nitrogens is 7. The van der Waals surface area contributed by atoms with E-state index in [1.807, 2.05) is 44.2 Å². The van der Waals surface area contributed by atoms with Gasteiger partial charge in [0.1, 0.15) is 6.33 Å². The van der Waals surface area contributed by atoms with Crippen LogP contribution in [0, 0.1) is 13.8 Å². The maximum absolute atomic E-state index is 12.9. The Morgan fingerprint density at radius 1 is 1.23 bits per heavy atom. The van der Waals surface area contributed by atoms with Gasteiger partial charge in [-0.15, -0.1) is 15.3 Å². The number of benzene rings is 1. The van der Waals surface area contributed by atoms with Gasteiger partial charge in [-0.1, -0.05) is 30.0 Å². The monoisotopic (exact) mass is 434 g/mol. The van der Waals surface area contributed by atoms with E-state index in [-0.39, 0.29) is 5.91 Å². The summed E-state index contributed by atoms with van der Waals surface area (Å²) in [7, 11) is 0. The molecule has 3 heterocycles. The number of thioether (sulfide) groups is 1. The van der Waals surface area contributed by atoms with E-state index in [4.69, 9.17) is 0 Å². The fourth-order valence-corrected chi connectivity index (χ4v) is 4.35. The average molecular weight is 435 g/mol. The van der Waals surface area contributed by atoms with E-state index >= 15 is 0 Å². The second-order valence-electron chi connectivity index (χ2n) is 7.66. The van der Waals surface area contributed by atoms with Crippen LogP contribution in [0.5, 0.6) is 0 Å². The number of carbonyl (C=O) groups is 1. The Balaban J connectivity index is 1.28. The van der Waals surface area contributed by atoms with E-state index in [0.717, 1.165) is 35.6 Å². The minimum Gasteiger partial charge on any atom is -0.345 e. The molecule has 5 rings (SSSR count). The molecule has 0 atom stereocenters. The molecule has 0 radical (unpaired) electrons. The topological polar surface area (TPSA) is 103 Å². The molecule has 1 saturated carbocycles. The Hall–Kier alpha value is -3.27. The minimum absolute atomic E-state index is 0.127. The fraction of sp³-hybridized carbons (Fsp3) is 0.333. The van der Waals surface area contributed by atoms with E-state index in [1.165, 1.54) is 11.8 Å². The van der Waals surface area contributed by atoms with Crippen molar-refractivity contribution in [3.05, 3.63) is 65.0 Å². The molecule has 10 heteroatoms. The van der Waals surface area contributed by atoms with E-state index in [2.05, 4.69) is 35.1 Å². The normalized spacial score (nSPS) is 13.6. The van der Waals surface area contributed by atoms with Gasteiger partial charge in [-0.3, -0.25) is 4.79 Å². The van der Waals surface area contributed by atoms with Gasteiger partial charge in [-0.2, -0.15) is 4.98 Å². The van der Waals surface area contributed by atoms with E-state index < -0.39 is 0 Å². The number of hydrogen-bond donors (Lipinski definition) is 1. The van der Waals surface area contributed by atoms with Crippen molar-refractivity contribution in [1.29, 1.82) is 0 Å². The van der Waals surface area contributed by atoms with Gasteiger partial charge >= 0.3 is 0 Å². The van der Waals surface area contributed by atoms with Crippen LogP contribution in [0.15, 0.2) is 41.8 Å². The SMILES string of the molecule is Cc1cc(C)n2nc(SCc3ccccc3C(=O)NCc3nncn3C3CC3)nc2n1. The number of carbonyl (C=O) groups excluding carboxylic acids is 1. The molecule has 3 aromatic heterocycles. The lowest BCUT2D eigenvalue weighted by Gasteiger charge is -2.10. The zero-order valence-corrected chi connectivity index (χ0v) is 18.1. The highest BCUT2D eigenvalue weighted by atomic mass is 32.2. The zero-order chi connectivity index (χ0) is 21.4. The average Bonchev–Trinajstić information content (AvgIpc) is 3.34. The zero-order valence-electron chi connectivity index (χ0n) is 17.3. The Morgan fingerprint density at radius 2 is 2.06 bits per heavy atom. The van der Waals surface area contributed by atoms with Crippen LogP contribution >= 0.6 is 11.8 Å². The molecule has 1 aliphatic rings. The Kier molecular flexibility index (Phi) is 5.14. The first-order valence-corrected chi connectivity index (χ1v) is 11.2. The molecule has 0 spiro atoms. The lowest BCUT2D eigenvalue weighted by atomic mass is 10.1. The highest BCUT2D eigenvalue weighted by Crippen LogP contribution is 2.35. The summed E-state index contributed by atoms with van der Waals surface area (Å²) in [6.07, 6.45) is 4.03. The Bertz CT molecular complexity index is 1260. The van der Waals surface area contributed by atoms with E-state index in [0.29, 0.717) is 34.8 Å². The summed E-state index contributed by atoms with van der Waals surface area (Å²) < 4.78 is 3.79. The summed E-state index contributed by atoms with van der Waals surface area (Å²) >= 11 is 1.49. The number of amides is 1. The molecule has 31 heavy (non-hydrogen) atoms. The highest BCUT2D eigenvalue weighted by Gasteiger charge is 2.26. The fourth-order valence-electron chi connectivity index (χ4n) is 3.52. The number of aryl methyl sites for hydroxylation is 2. The summed E-state index contributed by atoms with van der Waals surface area (Å²) in [5.74, 6) is 1.83. The summed E-state index contributed by atoms with van der Waals surface area (Å²) in [5.41, 5.74) is 3.46. The number of rotatable bonds is 7. The van der Waals surface area contributed by atoms with Crippen molar-refractivity contribution >= 4 is 23.4 Å². The maximum Gasteiger partial charge on any atom is 0.253 e. The lowest BCUT2D eigenvalue weighted by molar-refractivity contribution is 0.0948. The van der Waals surface area contributed by atoms with Crippen molar-refractivity contribution in [2.45, 2.75) is 50.2 Å². The van der Waals surface area contributed by atoms with Gasteiger partial charge in [-0.25, -0.2) is 9.50 Å². The van der Waals surface area contributed by atoms with Gasteiger partial charge in [0.15, 0.2) is 5.82 Å². The largest absolute Gasteiger partial charge is 0.345 e. The molecule has 1 amide bonds. The number of fused-ring (bicyclic) bond motifs is 1. The van der Waals surface area contributed by atoms with Crippen LogP contribution in [0.4, 0.5) is 0 Å². The van der Waals surface area contributed by atoms with Crippen LogP contribution in [0.25, 0.3) is 5.78 Å². The molecular formula is C21H22N8OS. The van der Waals surface area contributed by atoms with Crippen molar-refractivity contribution in [2.24, 2.45) is 0 Å². The molecule has 0 aliphatic heterocycles. The second-order valence-corrected chi connectivity index (χ2v) is 8.60. The standard InChI is InChI=1S/C21H22N8OS/c1-13-9-14(2)29-20(24-13)25-21(27-29)31-11-15-5-3-4-6-17(15)19(30)22-10-18-26-23-12-28(18)16-7-8-16/h3-6,9,12,16H,7-8,10-11H2,1-2H3,(H,22,30). The summed E-state index contributed by atoms with van der Waals surface area (Å²) in [4.78, 5) is 21.8. The van der Waals surface area contributed by atoms with Gasteiger partial charge in [0, 0.05) is 28.7 Å². The molecule has 9 nitrogen and oxygen atoms in total. The van der Waals surface area contributed by atoms with Crippen molar-refractivity contribution in [3.8, 4) is 0 Å². The molecule has 1 fully saturated rings. The molecule has 0 bridgehead atoms.